The Morgan fingerprint density at radius 1 is 1.23 bits per heavy atom. The molecule has 3 nitrogen and oxygen atoms in total. The molecule has 0 aromatic rings. The number of hydrogen-bond donors (Lipinski definition) is 2. The van der Waals surface area contributed by atoms with Crippen molar-refractivity contribution in [3.63, 3.8) is 0 Å². The van der Waals surface area contributed by atoms with Gasteiger partial charge in [0.25, 0.3) is 0 Å². The van der Waals surface area contributed by atoms with Gasteiger partial charge in [0.05, 0.1) is 0 Å². The standard InChI is InChI=1S/C9H20N2OS/c1-3-6-10-9(12)11-7-4-5-8-13-2/h3-8H2,1-2H3,(H2,10,11,12). The highest BCUT2D eigenvalue weighted by Crippen LogP contribution is 1.97. The summed E-state index contributed by atoms with van der Waals surface area (Å²) in [6.45, 7) is 3.59. The van der Waals surface area contributed by atoms with E-state index < -0.39 is 0 Å². The fourth-order valence-corrected chi connectivity index (χ4v) is 1.37. The minimum absolute atomic E-state index is 0.0361. The van der Waals surface area contributed by atoms with Gasteiger partial charge in [0, 0.05) is 13.1 Å². The molecule has 0 saturated carbocycles. The Labute approximate surface area is 85.0 Å². The molecular weight excluding hydrogens is 184 g/mol. The Morgan fingerprint density at radius 2 is 1.92 bits per heavy atom. The largest absolute Gasteiger partial charge is 0.338 e. The monoisotopic (exact) mass is 204 g/mol. The second kappa shape index (κ2) is 9.71. The van der Waals surface area contributed by atoms with Crippen molar-refractivity contribution in [3.05, 3.63) is 0 Å². The normalized spacial score (nSPS) is 9.69. The fraction of sp³-hybridized carbons (Fsp3) is 0.889. The lowest BCUT2D eigenvalue weighted by atomic mass is 10.3. The second-order valence-electron chi connectivity index (χ2n) is 2.88. The zero-order valence-electron chi connectivity index (χ0n) is 8.56. The van der Waals surface area contributed by atoms with Crippen molar-refractivity contribution in [2.75, 3.05) is 25.1 Å². The van der Waals surface area contributed by atoms with Crippen molar-refractivity contribution in [2.24, 2.45) is 0 Å². The van der Waals surface area contributed by atoms with Crippen LogP contribution in [0, 0.1) is 0 Å². The van der Waals surface area contributed by atoms with Crippen LogP contribution in [-0.4, -0.2) is 31.1 Å². The summed E-state index contributed by atoms with van der Waals surface area (Å²) < 4.78 is 0. The summed E-state index contributed by atoms with van der Waals surface area (Å²) >= 11 is 1.85. The second-order valence-corrected chi connectivity index (χ2v) is 3.87. The average molecular weight is 204 g/mol. The summed E-state index contributed by atoms with van der Waals surface area (Å²) in [6, 6.07) is -0.0361. The zero-order valence-corrected chi connectivity index (χ0v) is 9.38. The molecule has 13 heavy (non-hydrogen) atoms. The smallest absolute Gasteiger partial charge is 0.314 e. The van der Waals surface area contributed by atoms with Gasteiger partial charge in [-0.1, -0.05) is 6.92 Å². The summed E-state index contributed by atoms with van der Waals surface area (Å²) in [7, 11) is 0. The van der Waals surface area contributed by atoms with Crippen LogP contribution < -0.4 is 10.6 Å². The molecule has 0 spiro atoms. The van der Waals surface area contributed by atoms with Crippen LogP contribution in [-0.2, 0) is 0 Å². The maximum Gasteiger partial charge on any atom is 0.314 e. The van der Waals surface area contributed by atoms with Gasteiger partial charge >= 0.3 is 6.03 Å². The molecule has 78 valence electrons. The molecule has 0 radical (unpaired) electrons. The Kier molecular flexibility index (Phi) is 9.42. The van der Waals surface area contributed by atoms with Gasteiger partial charge in [-0.3, -0.25) is 0 Å². The summed E-state index contributed by atoms with van der Waals surface area (Å²) in [6.07, 6.45) is 5.33. The number of rotatable bonds is 7. The maximum absolute atomic E-state index is 11.0. The van der Waals surface area contributed by atoms with Crippen molar-refractivity contribution in [3.8, 4) is 0 Å². The molecule has 0 unspecified atom stereocenters. The molecule has 2 N–H and O–H groups in total. The zero-order chi connectivity index (χ0) is 9.94. The topological polar surface area (TPSA) is 41.1 Å². The van der Waals surface area contributed by atoms with Crippen LogP contribution >= 0.6 is 11.8 Å². The third-order valence-corrected chi connectivity index (χ3v) is 2.29. The van der Waals surface area contributed by atoms with Crippen molar-refractivity contribution in [2.45, 2.75) is 26.2 Å². The molecule has 0 atom stereocenters. The van der Waals surface area contributed by atoms with Crippen molar-refractivity contribution >= 4 is 17.8 Å². The molecule has 0 aliphatic heterocycles. The third kappa shape index (κ3) is 9.53. The van der Waals surface area contributed by atoms with Crippen LogP contribution in [0.5, 0.6) is 0 Å². The molecule has 0 bridgehead atoms. The lowest BCUT2D eigenvalue weighted by Crippen LogP contribution is -2.36. The maximum atomic E-state index is 11.0. The van der Waals surface area contributed by atoms with Crippen LogP contribution in [0.1, 0.15) is 26.2 Å². The van der Waals surface area contributed by atoms with Gasteiger partial charge in [0.15, 0.2) is 0 Å². The molecule has 0 aromatic heterocycles. The van der Waals surface area contributed by atoms with E-state index in [1.807, 2.05) is 18.7 Å². The molecular formula is C9H20N2OS. The van der Waals surface area contributed by atoms with Crippen LogP contribution in [0.4, 0.5) is 4.79 Å². The number of amides is 2. The molecule has 0 rings (SSSR count). The van der Waals surface area contributed by atoms with Gasteiger partial charge in [-0.2, -0.15) is 11.8 Å². The average Bonchev–Trinajstić information content (AvgIpc) is 2.14. The molecule has 0 fully saturated rings. The van der Waals surface area contributed by atoms with Crippen LogP contribution in [0.15, 0.2) is 0 Å². The van der Waals surface area contributed by atoms with E-state index in [1.54, 1.807) is 0 Å². The predicted octanol–water partition coefficient (Wildman–Crippen LogP) is 1.84. The van der Waals surface area contributed by atoms with E-state index in [4.69, 9.17) is 0 Å². The molecule has 0 aliphatic carbocycles. The van der Waals surface area contributed by atoms with E-state index in [0.29, 0.717) is 0 Å². The van der Waals surface area contributed by atoms with Gasteiger partial charge < -0.3 is 10.6 Å². The number of urea groups is 1. The fourth-order valence-electron chi connectivity index (χ4n) is 0.874. The SMILES string of the molecule is CCCNC(=O)NCCCCSC. The highest BCUT2D eigenvalue weighted by atomic mass is 32.2. The first-order valence-corrected chi connectivity index (χ1v) is 6.21. The van der Waals surface area contributed by atoms with Crippen LogP contribution in [0.3, 0.4) is 0 Å². The first-order chi connectivity index (χ1) is 6.31. The van der Waals surface area contributed by atoms with Crippen molar-refractivity contribution in [1.29, 1.82) is 0 Å². The van der Waals surface area contributed by atoms with E-state index in [-0.39, 0.29) is 6.03 Å². The molecule has 2 amide bonds. The molecule has 0 saturated heterocycles. The number of thioether (sulfide) groups is 1. The first kappa shape index (κ1) is 12.6. The van der Waals surface area contributed by atoms with E-state index in [9.17, 15) is 4.79 Å². The predicted molar refractivity (Wildman–Crippen MR) is 59.3 cm³/mol. The van der Waals surface area contributed by atoms with Crippen molar-refractivity contribution in [1.82, 2.24) is 10.6 Å². The van der Waals surface area contributed by atoms with E-state index in [1.165, 1.54) is 12.2 Å². The Morgan fingerprint density at radius 3 is 2.54 bits per heavy atom. The Bertz CT molecular complexity index is 131. The van der Waals surface area contributed by atoms with Gasteiger partial charge in [-0.15, -0.1) is 0 Å². The summed E-state index contributed by atoms with van der Waals surface area (Å²) in [4.78, 5) is 11.0. The number of unbranched alkanes of at least 4 members (excludes halogenated alkanes) is 1. The molecule has 0 aliphatic rings. The Hall–Kier alpha value is -0.380. The number of carbonyl (C=O) groups is 1. The minimum Gasteiger partial charge on any atom is -0.338 e. The minimum atomic E-state index is -0.0361. The summed E-state index contributed by atoms with van der Waals surface area (Å²) in [5.41, 5.74) is 0. The van der Waals surface area contributed by atoms with E-state index in [0.717, 1.165) is 25.9 Å². The van der Waals surface area contributed by atoms with Crippen LogP contribution in [0.25, 0.3) is 0 Å². The molecule has 0 aromatic carbocycles. The number of hydrogen-bond acceptors (Lipinski definition) is 2. The van der Waals surface area contributed by atoms with Gasteiger partial charge in [-0.05, 0) is 31.3 Å². The van der Waals surface area contributed by atoms with E-state index in [2.05, 4.69) is 16.9 Å². The first-order valence-electron chi connectivity index (χ1n) is 4.82. The number of nitrogens with one attached hydrogen (secondary N) is 2. The van der Waals surface area contributed by atoms with Gasteiger partial charge in [0.1, 0.15) is 0 Å². The summed E-state index contributed by atoms with van der Waals surface area (Å²) in [5, 5.41) is 5.59. The van der Waals surface area contributed by atoms with Gasteiger partial charge in [-0.25, -0.2) is 4.79 Å². The van der Waals surface area contributed by atoms with Gasteiger partial charge in [0.2, 0.25) is 0 Å². The number of carbonyl (C=O) groups excluding carboxylic acids is 1. The lowest BCUT2D eigenvalue weighted by Gasteiger charge is -2.05. The lowest BCUT2D eigenvalue weighted by molar-refractivity contribution is 0.241. The van der Waals surface area contributed by atoms with Crippen molar-refractivity contribution < 1.29 is 4.79 Å². The molecule has 4 heteroatoms. The van der Waals surface area contributed by atoms with E-state index >= 15 is 0 Å². The highest BCUT2D eigenvalue weighted by Gasteiger charge is 1.96. The van der Waals surface area contributed by atoms with Crippen LogP contribution in [0.2, 0.25) is 0 Å². The third-order valence-electron chi connectivity index (χ3n) is 1.60. The summed E-state index contributed by atoms with van der Waals surface area (Å²) in [5.74, 6) is 1.18. The molecule has 0 heterocycles. The Balaban J connectivity index is 3.08. The quantitative estimate of drug-likeness (QED) is 0.621. The highest BCUT2D eigenvalue weighted by molar-refractivity contribution is 7.98.